The van der Waals surface area contributed by atoms with Crippen LogP contribution in [0.5, 0.6) is 0 Å². The van der Waals surface area contributed by atoms with E-state index in [1.807, 2.05) is 0 Å². The van der Waals surface area contributed by atoms with Crippen molar-refractivity contribution in [1.82, 2.24) is 10.2 Å². The number of alkyl carbamates (subject to hydrolysis) is 1. The first-order valence-corrected chi connectivity index (χ1v) is 7.25. The summed E-state index contributed by atoms with van der Waals surface area (Å²) in [5, 5.41) is 5.27. The Bertz CT molecular complexity index is 593. The maximum Gasteiger partial charge on any atom is 0.406 e. The second kappa shape index (κ2) is 7.64. The molecule has 1 amide bonds. The van der Waals surface area contributed by atoms with E-state index in [1.54, 1.807) is 0 Å². The van der Waals surface area contributed by atoms with Crippen LogP contribution in [0.15, 0.2) is 42.5 Å². The Kier molecular flexibility index (Phi) is 5.58. The van der Waals surface area contributed by atoms with E-state index in [0.717, 1.165) is 19.6 Å². The molecule has 4 heteroatoms. The van der Waals surface area contributed by atoms with Crippen molar-refractivity contribution in [3.8, 4) is 0 Å². The third kappa shape index (κ3) is 4.20. The van der Waals surface area contributed by atoms with Gasteiger partial charge in [0.2, 0.25) is 0 Å². The zero-order chi connectivity index (χ0) is 15.1. The predicted molar refractivity (Wildman–Crippen MR) is 85.3 cm³/mol. The van der Waals surface area contributed by atoms with Crippen LogP contribution in [-0.2, 0) is 11.3 Å². The summed E-state index contributed by atoms with van der Waals surface area (Å²) >= 11 is 0. The van der Waals surface area contributed by atoms with Gasteiger partial charge in [0.1, 0.15) is 0 Å². The molecular formula is C17H22N2O2. The molecule has 0 saturated heterocycles. The Morgan fingerprint density at radius 3 is 2.71 bits per heavy atom. The zero-order valence-electron chi connectivity index (χ0n) is 12.6. The highest BCUT2D eigenvalue weighted by Gasteiger charge is 2.07. The molecule has 0 aliphatic rings. The summed E-state index contributed by atoms with van der Waals surface area (Å²) in [5.74, 6) is 0. The number of carbonyl (C=O) groups excluding carboxylic acids is 1. The van der Waals surface area contributed by atoms with E-state index in [4.69, 9.17) is 0 Å². The third-order valence-electron chi connectivity index (χ3n) is 3.60. The lowest BCUT2D eigenvalue weighted by atomic mass is 10.0. The highest BCUT2D eigenvalue weighted by molar-refractivity contribution is 5.85. The van der Waals surface area contributed by atoms with Crippen LogP contribution in [0.3, 0.4) is 0 Å². The van der Waals surface area contributed by atoms with Crippen molar-refractivity contribution in [2.24, 2.45) is 0 Å². The van der Waals surface area contributed by atoms with Crippen molar-refractivity contribution in [3.05, 3.63) is 48.0 Å². The van der Waals surface area contributed by atoms with E-state index in [-0.39, 0.29) is 6.09 Å². The van der Waals surface area contributed by atoms with E-state index >= 15 is 0 Å². The topological polar surface area (TPSA) is 41.6 Å². The van der Waals surface area contributed by atoms with Gasteiger partial charge in [0.15, 0.2) is 0 Å². The lowest BCUT2D eigenvalue weighted by Crippen LogP contribution is -2.34. The van der Waals surface area contributed by atoms with Crippen molar-refractivity contribution >= 4 is 16.9 Å². The first kappa shape index (κ1) is 15.3. The first-order chi connectivity index (χ1) is 10.2. The predicted octanol–water partition coefficient (Wildman–Crippen LogP) is 3.02. The molecule has 0 bridgehead atoms. The summed E-state index contributed by atoms with van der Waals surface area (Å²) < 4.78 is 4.57. The van der Waals surface area contributed by atoms with Gasteiger partial charge in [-0.1, -0.05) is 49.4 Å². The number of amides is 1. The number of rotatable bonds is 6. The van der Waals surface area contributed by atoms with Crippen molar-refractivity contribution in [1.29, 1.82) is 0 Å². The minimum absolute atomic E-state index is 0.379. The normalized spacial score (nSPS) is 10.8. The van der Waals surface area contributed by atoms with E-state index in [2.05, 4.69) is 64.3 Å². The van der Waals surface area contributed by atoms with Crippen LogP contribution < -0.4 is 5.32 Å². The van der Waals surface area contributed by atoms with Crippen molar-refractivity contribution in [3.63, 3.8) is 0 Å². The number of methoxy groups -OCH3 is 1. The lowest BCUT2D eigenvalue weighted by Gasteiger charge is -2.21. The van der Waals surface area contributed by atoms with Gasteiger partial charge in [-0.05, 0) is 22.9 Å². The van der Waals surface area contributed by atoms with E-state index in [1.165, 1.54) is 23.4 Å². The molecule has 0 aliphatic heterocycles. The van der Waals surface area contributed by atoms with Crippen LogP contribution in [0, 0.1) is 0 Å². The highest BCUT2D eigenvalue weighted by Crippen LogP contribution is 2.19. The molecule has 0 unspecified atom stereocenters. The zero-order valence-corrected chi connectivity index (χ0v) is 12.6. The molecule has 0 aliphatic carbocycles. The monoisotopic (exact) mass is 286 g/mol. The van der Waals surface area contributed by atoms with Crippen molar-refractivity contribution < 1.29 is 9.53 Å². The molecule has 0 fully saturated rings. The fraction of sp³-hybridized carbons (Fsp3) is 0.353. The molecule has 0 atom stereocenters. The van der Waals surface area contributed by atoms with Crippen LogP contribution in [-0.4, -0.2) is 37.7 Å². The standard InChI is InChI=1S/C17H22N2O2/c1-3-19(12-11-18-17(20)21-2)13-15-9-6-8-14-7-4-5-10-16(14)15/h4-10H,3,11-13H2,1-2H3,(H,18,20). The number of benzene rings is 2. The van der Waals surface area contributed by atoms with Gasteiger partial charge >= 0.3 is 6.09 Å². The minimum Gasteiger partial charge on any atom is -0.453 e. The van der Waals surface area contributed by atoms with Crippen LogP contribution >= 0.6 is 0 Å². The average molecular weight is 286 g/mol. The Labute approximate surface area is 125 Å². The van der Waals surface area contributed by atoms with Crippen LogP contribution in [0.4, 0.5) is 4.79 Å². The largest absolute Gasteiger partial charge is 0.453 e. The molecule has 0 saturated carbocycles. The Balaban J connectivity index is 2.01. The fourth-order valence-corrected chi connectivity index (χ4v) is 2.41. The van der Waals surface area contributed by atoms with Crippen LogP contribution in [0.1, 0.15) is 12.5 Å². The number of likely N-dealkylation sites (N-methyl/N-ethyl adjacent to an activating group) is 1. The first-order valence-electron chi connectivity index (χ1n) is 7.25. The molecule has 4 nitrogen and oxygen atoms in total. The van der Waals surface area contributed by atoms with Crippen molar-refractivity contribution in [2.45, 2.75) is 13.5 Å². The highest BCUT2D eigenvalue weighted by atomic mass is 16.5. The molecule has 21 heavy (non-hydrogen) atoms. The summed E-state index contributed by atoms with van der Waals surface area (Å²) in [6.45, 7) is 5.33. The fourth-order valence-electron chi connectivity index (χ4n) is 2.41. The molecule has 0 aromatic heterocycles. The Morgan fingerprint density at radius 2 is 1.95 bits per heavy atom. The number of carbonyl (C=O) groups is 1. The summed E-state index contributed by atoms with van der Waals surface area (Å²) in [6, 6.07) is 14.8. The maximum atomic E-state index is 11.1. The van der Waals surface area contributed by atoms with Gasteiger partial charge < -0.3 is 10.1 Å². The number of fused-ring (bicyclic) bond motifs is 1. The van der Waals surface area contributed by atoms with Gasteiger partial charge in [0.05, 0.1) is 7.11 Å². The molecular weight excluding hydrogens is 264 g/mol. The summed E-state index contributed by atoms with van der Waals surface area (Å²) in [6.07, 6.45) is -0.379. The molecule has 0 radical (unpaired) electrons. The van der Waals surface area contributed by atoms with Gasteiger partial charge in [-0.2, -0.15) is 0 Å². The molecule has 2 aromatic carbocycles. The number of nitrogens with zero attached hydrogens (tertiary/aromatic N) is 1. The minimum atomic E-state index is -0.379. The molecule has 0 heterocycles. The molecule has 112 valence electrons. The quantitative estimate of drug-likeness (QED) is 0.887. The Morgan fingerprint density at radius 1 is 1.19 bits per heavy atom. The smallest absolute Gasteiger partial charge is 0.406 e. The second-order valence-electron chi connectivity index (χ2n) is 4.93. The summed E-state index contributed by atoms with van der Waals surface area (Å²) in [7, 11) is 1.38. The molecule has 1 N–H and O–H groups in total. The van der Waals surface area contributed by atoms with Crippen LogP contribution in [0.25, 0.3) is 10.8 Å². The number of nitrogens with one attached hydrogen (secondary N) is 1. The molecule has 0 spiro atoms. The number of hydrogen-bond donors (Lipinski definition) is 1. The summed E-state index contributed by atoms with van der Waals surface area (Å²) in [5.41, 5.74) is 1.31. The van der Waals surface area contributed by atoms with Gasteiger partial charge in [-0.3, -0.25) is 4.90 Å². The maximum absolute atomic E-state index is 11.1. The second-order valence-corrected chi connectivity index (χ2v) is 4.93. The lowest BCUT2D eigenvalue weighted by molar-refractivity contribution is 0.168. The number of ether oxygens (including phenoxy) is 1. The van der Waals surface area contributed by atoms with E-state index < -0.39 is 0 Å². The Hall–Kier alpha value is -2.07. The van der Waals surface area contributed by atoms with Gasteiger partial charge in [-0.15, -0.1) is 0 Å². The van der Waals surface area contributed by atoms with Gasteiger partial charge in [0.25, 0.3) is 0 Å². The van der Waals surface area contributed by atoms with Gasteiger partial charge in [0, 0.05) is 19.6 Å². The molecule has 2 rings (SSSR count). The van der Waals surface area contributed by atoms with Gasteiger partial charge in [-0.25, -0.2) is 4.79 Å². The van der Waals surface area contributed by atoms with E-state index in [9.17, 15) is 4.79 Å². The summed E-state index contributed by atoms with van der Waals surface area (Å²) in [4.78, 5) is 13.4. The third-order valence-corrected chi connectivity index (χ3v) is 3.60. The average Bonchev–Trinajstić information content (AvgIpc) is 2.53. The SMILES string of the molecule is CCN(CCNC(=O)OC)Cc1cccc2ccccc12. The number of hydrogen-bond acceptors (Lipinski definition) is 3. The van der Waals surface area contributed by atoms with Crippen molar-refractivity contribution in [2.75, 3.05) is 26.7 Å². The van der Waals surface area contributed by atoms with Crippen LogP contribution in [0.2, 0.25) is 0 Å². The molecule has 2 aromatic rings. The van der Waals surface area contributed by atoms with E-state index in [0.29, 0.717) is 6.54 Å².